The highest BCUT2D eigenvalue weighted by Gasteiger charge is 2.25. The van der Waals surface area contributed by atoms with Crippen LogP contribution in [-0.4, -0.2) is 28.8 Å². The molecule has 0 aliphatic rings. The highest BCUT2D eigenvalue weighted by Crippen LogP contribution is 2.39. The zero-order valence-corrected chi connectivity index (χ0v) is 18.2. The van der Waals surface area contributed by atoms with Gasteiger partial charge >= 0.3 is 0 Å². The molecule has 0 radical (unpaired) electrons. The van der Waals surface area contributed by atoms with Gasteiger partial charge in [0.15, 0.2) is 4.34 Å². The average molecular weight is 429 g/mol. The lowest BCUT2D eigenvalue weighted by molar-refractivity contribution is -0.115. The molecule has 0 fully saturated rings. The van der Waals surface area contributed by atoms with E-state index in [0.717, 1.165) is 15.0 Å². The molecular formula is C21H24N4O2S2. The van der Waals surface area contributed by atoms with E-state index < -0.39 is 5.25 Å². The maximum atomic E-state index is 13.2. The lowest BCUT2D eigenvalue weighted by Crippen LogP contribution is -2.19. The topological polar surface area (TPSA) is 76.1 Å². The van der Waals surface area contributed by atoms with Crippen LogP contribution in [0, 0.1) is 0 Å². The van der Waals surface area contributed by atoms with Gasteiger partial charge in [-0.3, -0.25) is 4.79 Å². The molecule has 1 aromatic heterocycles. The van der Waals surface area contributed by atoms with Gasteiger partial charge in [-0.2, -0.15) is 0 Å². The van der Waals surface area contributed by atoms with Gasteiger partial charge in [-0.05, 0) is 38.5 Å². The van der Waals surface area contributed by atoms with Crippen LogP contribution >= 0.6 is 23.1 Å². The van der Waals surface area contributed by atoms with E-state index in [1.165, 1.54) is 23.1 Å². The molecule has 3 rings (SSSR count). The average Bonchev–Trinajstić information content (AvgIpc) is 3.14. The molecule has 6 nitrogen and oxygen atoms in total. The zero-order chi connectivity index (χ0) is 20.6. The summed E-state index contributed by atoms with van der Waals surface area (Å²) in [5.41, 5.74) is 1.55. The van der Waals surface area contributed by atoms with Crippen molar-refractivity contribution in [3.05, 3.63) is 60.2 Å². The van der Waals surface area contributed by atoms with Crippen LogP contribution in [0.15, 0.2) is 58.9 Å². The van der Waals surface area contributed by atoms with Gasteiger partial charge in [-0.25, -0.2) is 0 Å². The van der Waals surface area contributed by atoms with Gasteiger partial charge in [-0.1, -0.05) is 65.6 Å². The summed E-state index contributed by atoms with van der Waals surface area (Å²) in [4.78, 5) is 13.2. The summed E-state index contributed by atoms with van der Waals surface area (Å²) in [6.45, 7) is 6.54. The van der Waals surface area contributed by atoms with Gasteiger partial charge in [-0.15, -0.1) is 10.2 Å². The molecule has 0 aliphatic heterocycles. The smallest absolute Gasteiger partial charge is 0.242 e. The van der Waals surface area contributed by atoms with Crippen molar-refractivity contribution in [1.29, 1.82) is 0 Å². The van der Waals surface area contributed by atoms with Crippen molar-refractivity contribution in [3.63, 3.8) is 0 Å². The van der Waals surface area contributed by atoms with Crippen LogP contribution in [0.2, 0.25) is 0 Å². The first-order valence-electron chi connectivity index (χ1n) is 9.41. The van der Waals surface area contributed by atoms with Crippen LogP contribution in [-0.2, 0) is 4.79 Å². The van der Waals surface area contributed by atoms with Crippen LogP contribution in [0.5, 0.6) is 5.75 Å². The molecule has 2 aromatic carbocycles. The van der Waals surface area contributed by atoms with E-state index in [0.29, 0.717) is 18.0 Å². The Hall–Kier alpha value is -2.58. The Bertz CT molecular complexity index is 931. The standard InChI is InChI=1S/C21H24N4O2S2/c1-4-27-17-13-9-8-12-16(17)23-19(26)18(15-10-6-5-7-11-15)28-21-25-24-20(29-21)22-14(2)3/h5-14,18H,4H2,1-3H3,(H,22,24)(H,23,26). The van der Waals surface area contributed by atoms with Gasteiger partial charge in [0.2, 0.25) is 11.0 Å². The molecule has 3 aromatic rings. The molecule has 1 atom stereocenters. The van der Waals surface area contributed by atoms with E-state index in [1.54, 1.807) is 0 Å². The largest absolute Gasteiger partial charge is 0.492 e. The summed E-state index contributed by atoms with van der Waals surface area (Å²) in [5.74, 6) is 0.515. The number of anilines is 2. The molecule has 1 heterocycles. The van der Waals surface area contributed by atoms with Gasteiger partial charge in [0.25, 0.3) is 0 Å². The predicted octanol–water partition coefficient (Wildman–Crippen LogP) is 5.23. The van der Waals surface area contributed by atoms with E-state index in [1.807, 2.05) is 75.4 Å². The van der Waals surface area contributed by atoms with E-state index in [-0.39, 0.29) is 11.9 Å². The summed E-state index contributed by atoms with van der Waals surface area (Å²) < 4.78 is 6.36. The Labute approximate surface area is 179 Å². The number of para-hydroxylation sites is 2. The zero-order valence-electron chi connectivity index (χ0n) is 16.6. The van der Waals surface area contributed by atoms with Gasteiger partial charge in [0, 0.05) is 6.04 Å². The molecule has 29 heavy (non-hydrogen) atoms. The second-order valence-electron chi connectivity index (χ2n) is 6.50. The van der Waals surface area contributed by atoms with Crippen LogP contribution in [0.4, 0.5) is 10.8 Å². The molecule has 0 saturated heterocycles. The summed E-state index contributed by atoms with van der Waals surface area (Å²) in [5, 5.41) is 14.9. The summed E-state index contributed by atoms with van der Waals surface area (Å²) >= 11 is 2.83. The van der Waals surface area contributed by atoms with E-state index >= 15 is 0 Å². The third kappa shape index (κ3) is 5.95. The molecule has 1 unspecified atom stereocenters. The minimum atomic E-state index is -0.467. The normalized spacial score (nSPS) is 11.9. The van der Waals surface area contributed by atoms with Crippen LogP contribution < -0.4 is 15.4 Å². The molecule has 8 heteroatoms. The third-order valence-electron chi connectivity index (χ3n) is 3.82. The Kier molecular flexibility index (Phi) is 7.48. The quantitative estimate of drug-likeness (QED) is 0.455. The lowest BCUT2D eigenvalue weighted by atomic mass is 10.1. The van der Waals surface area contributed by atoms with Crippen LogP contribution in [0.1, 0.15) is 31.6 Å². The maximum Gasteiger partial charge on any atom is 0.242 e. The van der Waals surface area contributed by atoms with Gasteiger partial charge in [0.1, 0.15) is 11.0 Å². The van der Waals surface area contributed by atoms with Crippen molar-refractivity contribution in [1.82, 2.24) is 10.2 Å². The number of nitrogens with zero attached hydrogens (tertiary/aromatic N) is 2. The number of rotatable bonds is 9. The minimum Gasteiger partial charge on any atom is -0.492 e. The van der Waals surface area contributed by atoms with Crippen LogP contribution in [0.3, 0.4) is 0 Å². The van der Waals surface area contributed by atoms with Crippen molar-refractivity contribution in [3.8, 4) is 5.75 Å². The molecule has 0 bridgehead atoms. The number of aromatic nitrogens is 2. The van der Waals surface area contributed by atoms with Crippen molar-refractivity contribution in [2.75, 3.05) is 17.2 Å². The molecule has 0 aliphatic carbocycles. The Balaban J connectivity index is 1.82. The van der Waals surface area contributed by atoms with Crippen molar-refractivity contribution in [2.45, 2.75) is 36.4 Å². The van der Waals surface area contributed by atoms with E-state index in [2.05, 4.69) is 20.8 Å². The van der Waals surface area contributed by atoms with Crippen molar-refractivity contribution >= 4 is 39.8 Å². The van der Waals surface area contributed by atoms with E-state index in [4.69, 9.17) is 4.74 Å². The fraction of sp³-hybridized carbons (Fsp3) is 0.286. The van der Waals surface area contributed by atoms with E-state index in [9.17, 15) is 4.79 Å². The highest BCUT2D eigenvalue weighted by atomic mass is 32.2. The highest BCUT2D eigenvalue weighted by molar-refractivity contribution is 8.02. The SMILES string of the molecule is CCOc1ccccc1NC(=O)C(Sc1nnc(NC(C)C)s1)c1ccccc1. The summed E-state index contributed by atoms with van der Waals surface area (Å²) in [6, 6.07) is 17.4. The van der Waals surface area contributed by atoms with Crippen LogP contribution in [0.25, 0.3) is 0 Å². The second kappa shape index (κ2) is 10.3. The summed E-state index contributed by atoms with van der Waals surface area (Å²) in [6.07, 6.45) is 0. The number of carbonyl (C=O) groups excluding carboxylic acids is 1. The number of hydrogen-bond donors (Lipinski definition) is 2. The molecular weight excluding hydrogens is 404 g/mol. The first-order valence-corrected chi connectivity index (χ1v) is 11.1. The minimum absolute atomic E-state index is 0.137. The van der Waals surface area contributed by atoms with Gasteiger partial charge in [0.05, 0.1) is 12.3 Å². The Morgan fingerprint density at radius 3 is 2.55 bits per heavy atom. The maximum absolute atomic E-state index is 13.2. The molecule has 0 saturated carbocycles. The number of ether oxygens (including phenoxy) is 1. The number of thioether (sulfide) groups is 1. The fourth-order valence-corrected chi connectivity index (χ4v) is 4.70. The van der Waals surface area contributed by atoms with Crippen molar-refractivity contribution in [2.24, 2.45) is 0 Å². The molecule has 2 N–H and O–H groups in total. The third-order valence-corrected chi connectivity index (χ3v) is 6.02. The number of amides is 1. The number of nitrogens with one attached hydrogen (secondary N) is 2. The van der Waals surface area contributed by atoms with Crippen molar-refractivity contribution < 1.29 is 9.53 Å². The number of benzene rings is 2. The monoisotopic (exact) mass is 428 g/mol. The first kappa shape index (κ1) is 21.1. The predicted molar refractivity (Wildman–Crippen MR) is 120 cm³/mol. The molecule has 0 spiro atoms. The fourth-order valence-electron chi connectivity index (χ4n) is 2.61. The number of carbonyl (C=O) groups is 1. The molecule has 1 amide bonds. The number of hydrogen-bond acceptors (Lipinski definition) is 7. The first-order chi connectivity index (χ1) is 14.1. The Morgan fingerprint density at radius 1 is 1.10 bits per heavy atom. The molecule has 152 valence electrons. The summed E-state index contributed by atoms with van der Waals surface area (Å²) in [7, 11) is 0. The lowest BCUT2D eigenvalue weighted by Gasteiger charge is -2.17. The second-order valence-corrected chi connectivity index (χ2v) is 8.83. The van der Waals surface area contributed by atoms with Gasteiger partial charge < -0.3 is 15.4 Å². The Morgan fingerprint density at radius 2 is 1.83 bits per heavy atom.